The van der Waals surface area contributed by atoms with Crippen molar-refractivity contribution < 1.29 is 21.6 Å². The van der Waals surface area contributed by atoms with Crippen LogP contribution in [-0.4, -0.2) is 65.7 Å². The molecule has 2 fully saturated rings. The minimum Gasteiger partial charge on any atom is -0.496 e. The molecule has 28 heavy (non-hydrogen) atoms. The Morgan fingerprint density at radius 3 is 2.61 bits per heavy atom. The van der Waals surface area contributed by atoms with Crippen LogP contribution in [-0.2, 0) is 19.9 Å². The highest BCUT2D eigenvalue weighted by atomic mass is 32.2. The Labute approximate surface area is 168 Å². The van der Waals surface area contributed by atoms with E-state index in [0.717, 1.165) is 37.2 Å². The van der Waals surface area contributed by atoms with Crippen molar-refractivity contribution in [3.8, 4) is 5.75 Å². The van der Waals surface area contributed by atoms with E-state index in [-0.39, 0.29) is 35.8 Å². The van der Waals surface area contributed by atoms with Crippen LogP contribution in [0.15, 0.2) is 24.3 Å². The van der Waals surface area contributed by atoms with Gasteiger partial charge in [-0.05, 0) is 50.8 Å². The molecule has 2 saturated heterocycles. The Balaban J connectivity index is 1.70. The van der Waals surface area contributed by atoms with Gasteiger partial charge in [0.1, 0.15) is 5.75 Å². The van der Waals surface area contributed by atoms with Crippen LogP contribution in [0, 0.1) is 5.92 Å². The molecule has 1 N–H and O–H groups in total. The van der Waals surface area contributed by atoms with E-state index in [1.165, 1.54) is 0 Å². The molecule has 9 heteroatoms. The zero-order valence-corrected chi connectivity index (χ0v) is 18.0. The first-order valence-electron chi connectivity index (χ1n) is 9.84. The number of sulfonamides is 1. The average molecular weight is 431 g/mol. The Kier molecular flexibility index (Phi) is 7.01. The second-order valence-corrected chi connectivity index (χ2v) is 11.8. The summed E-state index contributed by atoms with van der Waals surface area (Å²) in [6.45, 7) is 2.10. The third-order valence-corrected chi connectivity index (χ3v) is 9.00. The van der Waals surface area contributed by atoms with Crippen molar-refractivity contribution in [3.63, 3.8) is 0 Å². The maximum Gasteiger partial charge on any atom is 0.211 e. The van der Waals surface area contributed by atoms with Gasteiger partial charge >= 0.3 is 0 Å². The first kappa shape index (κ1) is 21.5. The van der Waals surface area contributed by atoms with Gasteiger partial charge < -0.3 is 4.74 Å². The van der Waals surface area contributed by atoms with Crippen LogP contribution in [0.25, 0.3) is 0 Å². The molecule has 0 unspecified atom stereocenters. The molecule has 0 aromatic heterocycles. The summed E-state index contributed by atoms with van der Waals surface area (Å²) >= 11 is 0. The minimum absolute atomic E-state index is 0.0318. The van der Waals surface area contributed by atoms with Gasteiger partial charge in [0.15, 0.2) is 9.84 Å². The van der Waals surface area contributed by atoms with Gasteiger partial charge in [-0.15, -0.1) is 0 Å². The molecule has 0 aliphatic carbocycles. The summed E-state index contributed by atoms with van der Waals surface area (Å²) in [5.74, 6) is 0.424. The van der Waals surface area contributed by atoms with Crippen molar-refractivity contribution in [2.45, 2.75) is 31.7 Å². The van der Waals surface area contributed by atoms with Crippen molar-refractivity contribution in [2.75, 3.05) is 44.0 Å². The molecular formula is C19H30N2O5S2. The summed E-state index contributed by atoms with van der Waals surface area (Å²) in [7, 11) is -5.06. The molecule has 7 nitrogen and oxygen atoms in total. The third kappa shape index (κ3) is 5.68. The van der Waals surface area contributed by atoms with Crippen molar-refractivity contribution in [2.24, 2.45) is 5.92 Å². The van der Waals surface area contributed by atoms with E-state index in [1.54, 1.807) is 7.11 Å². The minimum atomic E-state index is -3.57. The van der Waals surface area contributed by atoms with Crippen LogP contribution >= 0.6 is 0 Å². The molecule has 0 bridgehead atoms. The van der Waals surface area contributed by atoms with Gasteiger partial charge in [0.2, 0.25) is 10.0 Å². The number of rotatable bonds is 8. The third-order valence-electron chi connectivity index (χ3n) is 5.59. The van der Waals surface area contributed by atoms with Crippen molar-refractivity contribution in [1.82, 2.24) is 9.62 Å². The lowest BCUT2D eigenvalue weighted by molar-refractivity contribution is 0.240. The number of likely N-dealkylation sites (tertiary alicyclic amines) is 1. The van der Waals surface area contributed by atoms with Crippen LogP contribution in [0.2, 0.25) is 0 Å². The van der Waals surface area contributed by atoms with Gasteiger partial charge in [0.25, 0.3) is 0 Å². The van der Waals surface area contributed by atoms with Gasteiger partial charge in [-0.1, -0.05) is 18.2 Å². The molecule has 3 rings (SSSR count). The highest BCUT2D eigenvalue weighted by Crippen LogP contribution is 2.31. The van der Waals surface area contributed by atoms with Crippen LogP contribution in [0.1, 0.15) is 37.3 Å². The maximum absolute atomic E-state index is 12.7. The van der Waals surface area contributed by atoms with Gasteiger partial charge in [-0.2, -0.15) is 0 Å². The molecule has 0 saturated carbocycles. The predicted molar refractivity (Wildman–Crippen MR) is 110 cm³/mol. The number of methoxy groups -OCH3 is 1. The quantitative estimate of drug-likeness (QED) is 0.673. The topological polar surface area (TPSA) is 92.8 Å². The van der Waals surface area contributed by atoms with Gasteiger partial charge in [-0.25, -0.2) is 21.6 Å². The summed E-state index contributed by atoms with van der Waals surface area (Å²) in [6, 6.07) is 7.59. The number of hydrogen-bond donors (Lipinski definition) is 1. The first-order valence-corrected chi connectivity index (χ1v) is 13.3. The van der Waals surface area contributed by atoms with E-state index in [1.807, 2.05) is 24.3 Å². The molecule has 0 amide bonds. The Hall–Kier alpha value is -1.16. The summed E-state index contributed by atoms with van der Waals surface area (Å²) in [6.07, 6.45) is 3.37. The fourth-order valence-corrected chi connectivity index (χ4v) is 7.61. The summed E-state index contributed by atoms with van der Waals surface area (Å²) in [5, 5.41) is 0. The van der Waals surface area contributed by atoms with Gasteiger partial charge in [0.05, 0.1) is 30.4 Å². The Morgan fingerprint density at radius 1 is 1.21 bits per heavy atom. The lowest BCUT2D eigenvalue weighted by Crippen LogP contribution is -2.40. The number of nitrogens with zero attached hydrogens (tertiary/aromatic N) is 1. The molecule has 2 atom stereocenters. The zero-order chi connectivity index (χ0) is 20.2. The summed E-state index contributed by atoms with van der Waals surface area (Å²) < 4.78 is 57.2. The fourth-order valence-electron chi connectivity index (χ4n) is 4.26. The molecule has 0 spiro atoms. The van der Waals surface area contributed by atoms with E-state index in [9.17, 15) is 16.8 Å². The summed E-state index contributed by atoms with van der Waals surface area (Å²) in [4.78, 5) is 2.28. The van der Waals surface area contributed by atoms with Gasteiger partial charge in [0, 0.05) is 12.1 Å². The number of benzene rings is 1. The van der Waals surface area contributed by atoms with Crippen LogP contribution in [0.5, 0.6) is 5.75 Å². The predicted octanol–water partition coefficient (Wildman–Crippen LogP) is 1.58. The number of sulfone groups is 1. The first-order chi connectivity index (χ1) is 13.3. The molecule has 2 aliphatic rings. The second-order valence-electron chi connectivity index (χ2n) is 7.75. The van der Waals surface area contributed by atoms with E-state index in [0.29, 0.717) is 12.8 Å². The highest BCUT2D eigenvalue weighted by molar-refractivity contribution is 7.91. The Morgan fingerprint density at radius 2 is 1.93 bits per heavy atom. The maximum atomic E-state index is 12.7. The number of para-hydroxylation sites is 1. The second kappa shape index (κ2) is 9.11. The zero-order valence-electron chi connectivity index (χ0n) is 16.3. The lowest BCUT2D eigenvalue weighted by Gasteiger charge is -2.29. The molecule has 2 heterocycles. The Bertz CT molecular complexity index is 864. The molecule has 0 radical (unpaired) electrons. The molecule has 2 aliphatic heterocycles. The number of nitrogens with one attached hydrogen (secondary N) is 1. The smallest absolute Gasteiger partial charge is 0.211 e. The molecule has 158 valence electrons. The van der Waals surface area contributed by atoms with E-state index in [4.69, 9.17) is 4.74 Å². The molecular weight excluding hydrogens is 400 g/mol. The van der Waals surface area contributed by atoms with Gasteiger partial charge in [-0.3, -0.25) is 4.90 Å². The normalized spacial score (nSPS) is 24.1. The van der Waals surface area contributed by atoms with E-state index < -0.39 is 19.9 Å². The van der Waals surface area contributed by atoms with Crippen molar-refractivity contribution in [1.29, 1.82) is 0 Å². The molecule has 1 aromatic carbocycles. The van der Waals surface area contributed by atoms with Crippen molar-refractivity contribution >= 4 is 19.9 Å². The molecule has 1 aromatic rings. The van der Waals surface area contributed by atoms with E-state index in [2.05, 4.69) is 9.62 Å². The standard InChI is InChI=1S/C19H30N2O5S2/c1-26-19-9-3-2-8-17(19)18(21-10-4-5-11-21)13-20-28(24,25)15-16-7-6-12-27(22,23)14-16/h2-3,8-9,16,18,20H,4-7,10-15H2,1H3/t16-,18+/m1/s1. The highest BCUT2D eigenvalue weighted by Gasteiger charge is 2.31. The van der Waals surface area contributed by atoms with Crippen LogP contribution in [0.3, 0.4) is 0 Å². The number of hydrogen-bond acceptors (Lipinski definition) is 6. The fraction of sp³-hybridized carbons (Fsp3) is 0.684. The largest absolute Gasteiger partial charge is 0.496 e. The summed E-state index contributed by atoms with van der Waals surface area (Å²) in [5.41, 5.74) is 0.967. The number of ether oxygens (including phenoxy) is 1. The van der Waals surface area contributed by atoms with Crippen LogP contribution in [0.4, 0.5) is 0 Å². The van der Waals surface area contributed by atoms with E-state index >= 15 is 0 Å². The van der Waals surface area contributed by atoms with Crippen molar-refractivity contribution in [3.05, 3.63) is 29.8 Å². The van der Waals surface area contributed by atoms with Crippen LogP contribution < -0.4 is 9.46 Å². The monoisotopic (exact) mass is 430 g/mol. The average Bonchev–Trinajstić information content (AvgIpc) is 3.15. The SMILES string of the molecule is COc1ccccc1[C@H](CNS(=O)(=O)C[C@@H]1CCCS(=O)(=O)C1)N1CCCC1. The lowest BCUT2D eigenvalue weighted by atomic mass is 10.0.